The maximum Gasteiger partial charge on any atom is 0.349 e. The highest BCUT2D eigenvalue weighted by Gasteiger charge is 2.52. The second-order valence-electron chi connectivity index (χ2n) is 31.9. The van der Waals surface area contributed by atoms with Crippen LogP contribution in [0.5, 0.6) is 46.0 Å². The van der Waals surface area contributed by atoms with Crippen molar-refractivity contribution in [3.8, 4) is 57.1 Å². The van der Waals surface area contributed by atoms with Crippen LogP contribution in [0.25, 0.3) is 17.2 Å². The Morgan fingerprint density at radius 1 is 0.729 bits per heavy atom. The zero-order valence-corrected chi connectivity index (χ0v) is 72.2. The van der Waals surface area contributed by atoms with Crippen molar-refractivity contribution in [1.29, 1.82) is 0 Å². The van der Waals surface area contributed by atoms with Crippen LogP contribution in [-0.4, -0.2) is 239 Å². The third-order valence-corrected chi connectivity index (χ3v) is 22.8. The van der Waals surface area contributed by atoms with Crippen molar-refractivity contribution < 1.29 is 127 Å². The number of aliphatic hydroxyl groups excluding tert-OH is 6. The topological polar surface area (TPSA) is 602 Å². The number of phenolic OH excluding ortho intramolecular Hbond substituents is 3. The summed E-state index contributed by atoms with van der Waals surface area (Å²) in [6, 6.07) is 7.05. The van der Waals surface area contributed by atoms with Gasteiger partial charge in [0, 0.05) is 73.6 Å². The smallest absolute Gasteiger partial charge is 0.349 e. The van der Waals surface area contributed by atoms with E-state index in [1.54, 1.807) is 45.0 Å². The summed E-state index contributed by atoms with van der Waals surface area (Å²) in [7, 11) is 4.22. The quantitative estimate of drug-likeness (QED) is 0.0317. The number of aromatic nitrogens is 2. The van der Waals surface area contributed by atoms with Gasteiger partial charge in [0.25, 0.3) is 11.8 Å². The number of hydrogen-bond acceptors (Lipinski definition) is 30. The summed E-state index contributed by atoms with van der Waals surface area (Å²) in [5, 5.41) is 130. The fourth-order valence-corrected chi connectivity index (χ4v) is 15.6. The minimum absolute atomic E-state index is 0.0421. The summed E-state index contributed by atoms with van der Waals surface area (Å²) < 4.78 is 40.7. The van der Waals surface area contributed by atoms with E-state index >= 15 is 24.0 Å². The zero-order chi connectivity index (χ0) is 93.5. The van der Waals surface area contributed by atoms with E-state index in [2.05, 4.69) is 52.8 Å². The first-order valence-electron chi connectivity index (χ1n) is 40.3. The van der Waals surface area contributed by atoms with Crippen molar-refractivity contribution in [2.45, 2.75) is 163 Å². The molecule has 44 heteroatoms. The van der Waals surface area contributed by atoms with Gasteiger partial charge in [-0.2, -0.15) is 4.98 Å². The van der Waals surface area contributed by atoms with E-state index in [1.807, 2.05) is 5.48 Å². The molecule has 14 rings (SSSR count). The fourth-order valence-electron chi connectivity index (χ4n) is 15.1. The molecular weight excluding hydrogens is 1760 g/mol. The van der Waals surface area contributed by atoms with E-state index < -0.39 is 277 Å². The van der Waals surface area contributed by atoms with Crippen LogP contribution in [0.2, 0.25) is 15.1 Å². The molecule has 2 saturated heterocycles. The molecule has 129 heavy (non-hydrogen) atoms. The number of nitrogens with two attached hydrogens (primary N) is 1. The van der Waals surface area contributed by atoms with Crippen LogP contribution in [0, 0.1) is 5.92 Å². The summed E-state index contributed by atoms with van der Waals surface area (Å²) >= 11 is 20.4. The number of ether oxygens (including phenoxy) is 6. The van der Waals surface area contributed by atoms with Crippen molar-refractivity contribution in [3.63, 3.8) is 0 Å². The van der Waals surface area contributed by atoms with E-state index in [0.717, 1.165) is 71.6 Å². The van der Waals surface area contributed by atoms with E-state index in [1.165, 1.54) is 69.2 Å². The predicted octanol–water partition coefficient (Wildman–Crippen LogP) is 1.35. The molecule has 688 valence electrons. The number of benzene rings is 6. The molecule has 7 aliphatic rings. The number of fused-ring (bicyclic) bond motifs is 15. The summed E-state index contributed by atoms with van der Waals surface area (Å²) in [4.78, 5) is 170. The van der Waals surface area contributed by atoms with Crippen LogP contribution < -0.4 is 79.0 Å². The number of nitrogens with zero attached hydrogens (tertiary/aromatic N) is 3. The molecule has 18 atom stereocenters. The molecule has 2 fully saturated rings. The van der Waals surface area contributed by atoms with Crippen molar-refractivity contribution in [2.75, 3.05) is 46.2 Å². The van der Waals surface area contributed by atoms with Crippen LogP contribution in [0.3, 0.4) is 0 Å². The third kappa shape index (κ3) is 22.4. The van der Waals surface area contributed by atoms with Crippen LogP contribution >= 0.6 is 34.8 Å². The van der Waals surface area contributed by atoms with E-state index in [4.69, 9.17) is 73.8 Å². The molecule has 7 aromatic rings. The number of anilines is 1. The number of halogens is 3. The van der Waals surface area contributed by atoms with Gasteiger partial charge in [-0.3, -0.25) is 57.4 Å². The second-order valence-corrected chi connectivity index (χ2v) is 33.2. The first-order chi connectivity index (χ1) is 61.2. The lowest BCUT2D eigenvalue weighted by molar-refractivity contribution is -0.334. The Kier molecular flexibility index (Phi) is 30.5. The van der Waals surface area contributed by atoms with Crippen LogP contribution in [0.15, 0.2) is 126 Å². The van der Waals surface area contributed by atoms with Gasteiger partial charge >= 0.3 is 5.69 Å². The number of phenols is 3. The highest BCUT2D eigenvalue weighted by atomic mass is 35.5. The van der Waals surface area contributed by atoms with Gasteiger partial charge in [-0.1, -0.05) is 79.0 Å². The highest BCUT2D eigenvalue weighted by molar-refractivity contribution is 6.32. The van der Waals surface area contributed by atoms with Gasteiger partial charge in [0.2, 0.25) is 59.3 Å². The number of aliphatic hydroxyl groups is 6. The summed E-state index contributed by atoms with van der Waals surface area (Å²) in [5.41, 5.74) is 3.37. The Bertz CT molecular complexity index is 5540. The molecule has 7 aliphatic heterocycles. The van der Waals surface area contributed by atoms with Gasteiger partial charge in [0.05, 0.1) is 41.3 Å². The number of amides is 10. The molecule has 0 spiro atoms. The lowest BCUT2D eigenvalue weighted by Crippen LogP contribution is -2.65. The Balaban J connectivity index is 0.998. The molecule has 0 saturated carbocycles. The average molecular weight is 1850 g/mol. The van der Waals surface area contributed by atoms with Crippen LogP contribution in [-0.2, 0) is 73.5 Å². The summed E-state index contributed by atoms with van der Waals surface area (Å²) in [5.74, 6) is -17.4. The molecule has 1 aromatic heterocycles. The molecule has 0 aliphatic carbocycles. The number of carbonyl (C=O) groups excluding carboxylic acids is 10. The Morgan fingerprint density at radius 3 is 2.00 bits per heavy atom. The summed E-state index contributed by atoms with van der Waals surface area (Å²) in [6.07, 6.45) is -15.5. The minimum atomic E-state index is -2.42. The van der Waals surface area contributed by atoms with Crippen molar-refractivity contribution in [2.24, 2.45) is 11.7 Å². The number of aromatic hydroxyl groups is 3. The van der Waals surface area contributed by atoms with Gasteiger partial charge in [0.15, 0.2) is 30.5 Å². The molecular formula is C85H95Cl3N14O27. The Labute approximate surface area is 749 Å². The lowest BCUT2D eigenvalue weighted by Gasteiger charge is -2.48. The lowest BCUT2D eigenvalue weighted by atomic mass is 9.85. The molecule has 8 heterocycles. The minimum Gasteiger partial charge on any atom is -0.508 e. The van der Waals surface area contributed by atoms with E-state index in [9.17, 15) is 74.7 Å². The number of carbonyl (C=O) groups is 10. The largest absolute Gasteiger partial charge is 0.508 e. The summed E-state index contributed by atoms with van der Waals surface area (Å²) in [6.45, 7) is 4.76. The van der Waals surface area contributed by atoms with Gasteiger partial charge in [-0.25, -0.2) is 10.3 Å². The highest BCUT2D eigenvalue weighted by Crippen LogP contribution is 2.50. The van der Waals surface area contributed by atoms with Crippen molar-refractivity contribution in [1.82, 2.24) is 62.5 Å². The number of nitrogens with one attached hydrogen (secondary N) is 10. The standard InChI is InChI=1S/C85H95Cl3N14O27/c1-36(2)24-49(90-5)76(115)98-67-69(110)40-12-17-53(47(87)26-40)125-55-28-42-29-56(73(55)129-83-74(72(113)71(112)57(34-103)127-83)128-62-33-85(4,75(114)37(3)124-62)91-21-23-102-22-20-59(94-84(102)122)93-60(108)19-10-38-8-14-43(86)15-9-38)126-54-18-13-41(27-48(54)88)70(111)68-81(120)97-66(82(121)100-123-35-61(109)101(6)7)46-30-44(104)31-52(106)63(46)45-25-39(11-16-51(45)105)64(78(117)99-68)96-79(118)65(42)95-77(116)50(32-58(89)107)92-80(67)119/h8-20,22,25-31,36-37,49-50,57,62,64-72,74-75,83,90-91,103-106,110-114H,21,23-24,32-35H2,1-7H3,(H2,89,107)(H,92,119)(H,95,116)(H,96,118)(H,97,120)(H,98,115)(H,99,117)(H,100,121)(H,93,94,108,122). The van der Waals surface area contributed by atoms with Crippen LogP contribution in [0.4, 0.5) is 5.82 Å². The molecule has 18 unspecified atom stereocenters. The van der Waals surface area contributed by atoms with Gasteiger partial charge < -0.3 is 133 Å². The van der Waals surface area contributed by atoms with E-state index in [-0.39, 0.29) is 48.8 Å². The predicted molar refractivity (Wildman–Crippen MR) is 456 cm³/mol. The molecule has 11 bridgehead atoms. The average Bonchev–Trinajstić information content (AvgIpc) is 0.762. The van der Waals surface area contributed by atoms with Crippen molar-refractivity contribution in [3.05, 3.63) is 180 Å². The van der Waals surface area contributed by atoms with Gasteiger partial charge in [-0.05, 0) is 145 Å². The maximum atomic E-state index is 16.4. The Hall–Kier alpha value is -12.2. The van der Waals surface area contributed by atoms with Crippen molar-refractivity contribution >= 4 is 106 Å². The third-order valence-electron chi connectivity index (χ3n) is 21.9. The Morgan fingerprint density at radius 2 is 1.37 bits per heavy atom. The molecule has 10 amide bonds. The fraction of sp³-hybridized carbons (Fsp3) is 0.388. The molecule has 0 radical (unpaired) electrons. The number of hydroxylamine groups is 1. The molecule has 6 aromatic carbocycles. The first kappa shape index (κ1) is 95.9. The molecule has 21 N–H and O–H groups in total. The SMILES string of the molecule is CNC(CC(C)C)C(=O)NC1C(=O)NC(CC(N)=O)C(=O)NC2C(=O)NC3C(=O)NC(C(=O)NC(C(=O)NOCC(=O)N(C)C)c4cc(O)cc(O)c4-c4cc3ccc4O)C(O)c3ccc(c(Cl)c3)Oc3cc2cc(c3OC2OC(CO)C(O)C(O)C2OC2CC(C)(NCCn3ccc(NC(=O)C=Cc4ccc(Cl)cc4)nc3=O)C(O)C(C)O2)Oc2ccc(cc2Cl)C1O. The number of primary amides is 1. The second kappa shape index (κ2) is 41.1. The van der Waals surface area contributed by atoms with Crippen LogP contribution in [0.1, 0.15) is 111 Å². The first-order valence-corrected chi connectivity index (χ1v) is 41.5. The maximum absolute atomic E-state index is 16.4. The van der Waals surface area contributed by atoms with Gasteiger partial charge in [0.1, 0.15) is 101 Å². The normalized spacial score (nSPS) is 25.5. The monoisotopic (exact) mass is 1850 g/mol. The van der Waals surface area contributed by atoms with Gasteiger partial charge in [-0.15, -0.1) is 0 Å². The van der Waals surface area contributed by atoms with E-state index in [0.29, 0.717) is 10.6 Å². The number of likely N-dealkylation sites (N-methyl/N-ethyl adjacent to an activating group) is 2. The number of hydrogen-bond donors (Lipinski definition) is 20. The number of rotatable bonds is 23. The molecule has 41 nitrogen and oxygen atoms in total. The zero-order valence-electron chi connectivity index (χ0n) is 69.9.